The summed E-state index contributed by atoms with van der Waals surface area (Å²) in [4.78, 5) is 13.0. The molecule has 0 saturated carbocycles. The third-order valence-electron chi connectivity index (χ3n) is 5.73. The molecule has 5 nitrogen and oxygen atoms in total. The number of carboxylic acids is 1. The molecule has 148 valence electrons. The molecule has 5 heteroatoms. The Balaban J connectivity index is 1.39. The van der Waals surface area contributed by atoms with E-state index in [1.807, 2.05) is 12.1 Å². The van der Waals surface area contributed by atoms with Crippen molar-refractivity contribution in [2.24, 2.45) is 0 Å². The van der Waals surface area contributed by atoms with E-state index < -0.39 is 5.97 Å². The summed E-state index contributed by atoms with van der Waals surface area (Å²) < 4.78 is 12.2. The highest BCUT2D eigenvalue weighted by Gasteiger charge is 2.26. The van der Waals surface area contributed by atoms with Gasteiger partial charge in [-0.2, -0.15) is 0 Å². The summed E-state index contributed by atoms with van der Waals surface area (Å²) in [5.74, 6) is 0.122. The number of rotatable bonds is 6. The van der Waals surface area contributed by atoms with E-state index in [-0.39, 0.29) is 18.6 Å². The molecule has 2 aliphatic rings. The number of aliphatic carboxylic acids is 1. The highest BCUT2D eigenvalue weighted by Crippen LogP contribution is 2.37. The summed E-state index contributed by atoms with van der Waals surface area (Å²) in [7, 11) is 0. The first kappa shape index (κ1) is 19.0. The maximum absolute atomic E-state index is 10.8. The van der Waals surface area contributed by atoms with Crippen molar-refractivity contribution in [3.63, 3.8) is 0 Å². The van der Waals surface area contributed by atoms with E-state index in [4.69, 9.17) is 14.6 Å². The zero-order chi connectivity index (χ0) is 19.5. The fraction of sp³-hybridized carbons (Fsp3) is 0.435. The highest BCUT2D eigenvalue weighted by molar-refractivity contribution is 5.66. The maximum Gasteiger partial charge on any atom is 0.304 e. The van der Waals surface area contributed by atoms with Gasteiger partial charge in [0.05, 0.1) is 19.1 Å². The Bertz CT molecular complexity index is 833. The maximum atomic E-state index is 10.8. The normalized spacial score (nSPS) is 22.0. The quantitative estimate of drug-likeness (QED) is 0.822. The van der Waals surface area contributed by atoms with Gasteiger partial charge in [-0.15, -0.1) is 0 Å². The number of carboxylic acid groups (broad SMARTS) is 1. The van der Waals surface area contributed by atoms with Crippen molar-refractivity contribution in [3.8, 4) is 5.75 Å². The van der Waals surface area contributed by atoms with Crippen molar-refractivity contribution in [3.05, 3.63) is 64.7 Å². The van der Waals surface area contributed by atoms with Gasteiger partial charge in [0, 0.05) is 19.6 Å². The van der Waals surface area contributed by atoms with Crippen molar-refractivity contribution in [2.45, 2.75) is 38.4 Å². The Hall–Kier alpha value is -2.37. The minimum atomic E-state index is -0.756. The molecule has 2 unspecified atom stereocenters. The summed E-state index contributed by atoms with van der Waals surface area (Å²) in [5.41, 5.74) is 5.15. The molecular weight excluding hydrogens is 354 g/mol. The minimum Gasteiger partial charge on any atom is -0.486 e. The molecular formula is C23H27NO4. The number of benzene rings is 2. The Labute approximate surface area is 165 Å². The van der Waals surface area contributed by atoms with E-state index in [0.717, 1.165) is 37.2 Å². The van der Waals surface area contributed by atoms with Crippen LogP contribution < -0.4 is 4.74 Å². The van der Waals surface area contributed by atoms with E-state index in [9.17, 15) is 4.79 Å². The fourth-order valence-electron chi connectivity index (χ4n) is 4.26. The molecule has 1 heterocycles. The minimum absolute atomic E-state index is 0.0222. The van der Waals surface area contributed by atoms with Crippen LogP contribution in [0.3, 0.4) is 0 Å². The zero-order valence-corrected chi connectivity index (χ0v) is 16.3. The molecule has 2 aromatic carbocycles. The zero-order valence-electron chi connectivity index (χ0n) is 16.3. The summed E-state index contributed by atoms with van der Waals surface area (Å²) in [6.07, 6.45) is 2.36. The van der Waals surface area contributed by atoms with E-state index in [0.29, 0.717) is 13.2 Å². The molecule has 0 bridgehead atoms. The fourth-order valence-corrected chi connectivity index (χ4v) is 4.26. The molecule has 1 saturated heterocycles. The largest absolute Gasteiger partial charge is 0.486 e. The molecule has 1 N–H and O–H groups in total. The summed E-state index contributed by atoms with van der Waals surface area (Å²) >= 11 is 0. The van der Waals surface area contributed by atoms with E-state index >= 15 is 0 Å². The first-order valence-corrected chi connectivity index (χ1v) is 10.0. The van der Waals surface area contributed by atoms with Gasteiger partial charge in [-0.05, 0) is 54.2 Å². The van der Waals surface area contributed by atoms with Crippen LogP contribution in [0.25, 0.3) is 0 Å². The van der Waals surface area contributed by atoms with Gasteiger partial charge in [0.25, 0.3) is 0 Å². The SMILES string of the molecule is Cc1cccc2c1C(Oc1ccc(C3CN(CCC(=O)O)CCO3)cc1)CC2. The lowest BCUT2D eigenvalue weighted by molar-refractivity contribution is -0.137. The van der Waals surface area contributed by atoms with Crippen LogP contribution in [-0.2, 0) is 16.0 Å². The molecule has 1 fully saturated rings. The molecule has 2 atom stereocenters. The van der Waals surface area contributed by atoms with Gasteiger partial charge in [-0.1, -0.05) is 30.3 Å². The lowest BCUT2D eigenvalue weighted by Gasteiger charge is -2.32. The predicted molar refractivity (Wildman–Crippen MR) is 107 cm³/mol. The van der Waals surface area contributed by atoms with Crippen molar-refractivity contribution in [1.29, 1.82) is 0 Å². The van der Waals surface area contributed by atoms with E-state index in [1.165, 1.54) is 16.7 Å². The smallest absolute Gasteiger partial charge is 0.304 e. The number of fused-ring (bicyclic) bond motifs is 1. The van der Waals surface area contributed by atoms with Gasteiger partial charge in [-0.3, -0.25) is 9.69 Å². The molecule has 0 spiro atoms. The van der Waals surface area contributed by atoms with Crippen molar-refractivity contribution in [1.82, 2.24) is 4.90 Å². The second kappa shape index (κ2) is 8.33. The molecule has 2 aromatic rings. The highest BCUT2D eigenvalue weighted by atomic mass is 16.5. The summed E-state index contributed by atoms with van der Waals surface area (Å²) in [5, 5.41) is 8.88. The second-order valence-electron chi connectivity index (χ2n) is 7.67. The van der Waals surface area contributed by atoms with Crippen LogP contribution in [0.4, 0.5) is 0 Å². The topological polar surface area (TPSA) is 59.0 Å². The average Bonchev–Trinajstić information content (AvgIpc) is 3.11. The lowest BCUT2D eigenvalue weighted by atomic mass is 10.0. The van der Waals surface area contributed by atoms with Crippen LogP contribution >= 0.6 is 0 Å². The number of hydrogen-bond acceptors (Lipinski definition) is 4. The number of ether oxygens (including phenoxy) is 2. The Morgan fingerprint density at radius 2 is 2.07 bits per heavy atom. The summed E-state index contributed by atoms with van der Waals surface area (Å²) in [6.45, 7) is 4.85. The number of hydrogen-bond donors (Lipinski definition) is 1. The van der Waals surface area contributed by atoms with Crippen LogP contribution in [-0.4, -0.2) is 42.2 Å². The Kier molecular flexibility index (Phi) is 5.64. The van der Waals surface area contributed by atoms with Crippen LogP contribution in [0.1, 0.15) is 47.3 Å². The van der Waals surface area contributed by atoms with Gasteiger partial charge in [-0.25, -0.2) is 0 Å². The second-order valence-corrected chi connectivity index (χ2v) is 7.67. The third-order valence-corrected chi connectivity index (χ3v) is 5.73. The molecule has 0 aromatic heterocycles. The number of aryl methyl sites for hydroxylation is 2. The van der Waals surface area contributed by atoms with Crippen molar-refractivity contribution in [2.75, 3.05) is 26.2 Å². The molecule has 0 amide bonds. The van der Waals surface area contributed by atoms with Gasteiger partial charge in [0.2, 0.25) is 0 Å². The lowest BCUT2D eigenvalue weighted by Crippen LogP contribution is -2.39. The van der Waals surface area contributed by atoms with Crippen molar-refractivity contribution < 1.29 is 19.4 Å². The average molecular weight is 381 g/mol. The predicted octanol–water partition coefficient (Wildman–Crippen LogP) is 3.91. The van der Waals surface area contributed by atoms with Crippen LogP contribution in [0.2, 0.25) is 0 Å². The first-order chi connectivity index (χ1) is 13.6. The van der Waals surface area contributed by atoms with Gasteiger partial charge in [0.15, 0.2) is 0 Å². The molecule has 4 rings (SSSR count). The molecule has 0 radical (unpaired) electrons. The number of morpholine rings is 1. The van der Waals surface area contributed by atoms with Crippen LogP contribution in [0.5, 0.6) is 5.75 Å². The van der Waals surface area contributed by atoms with Crippen LogP contribution in [0, 0.1) is 6.92 Å². The first-order valence-electron chi connectivity index (χ1n) is 10.0. The Morgan fingerprint density at radius 3 is 2.86 bits per heavy atom. The monoisotopic (exact) mass is 381 g/mol. The summed E-state index contributed by atoms with van der Waals surface area (Å²) in [6, 6.07) is 14.6. The molecule has 28 heavy (non-hydrogen) atoms. The number of carbonyl (C=O) groups is 1. The Morgan fingerprint density at radius 1 is 1.25 bits per heavy atom. The van der Waals surface area contributed by atoms with Crippen molar-refractivity contribution >= 4 is 5.97 Å². The van der Waals surface area contributed by atoms with Crippen LogP contribution in [0.15, 0.2) is 42.5 Å². The van der Waals surface area contributed by atoms with E-state index in [1.54, 1.807) is 0 Å². The number of nitrogens with zero attached hydrogens (tertiary/aromatic N) is 1. The van der Waals surface area contributed by atoms with Gasteiger partial charge >= 0.3 is 5.97 Å². The molecule has 1 aliphatic heterocycles. The molecule has 1 aliphatic carbocycles. The standard InChI is InChI=1S/C23H27NO4/c1-16-3-2-4-18-7-10-20(23(16)18)28-19-8-5-17(6-9-19)21-15-24(13-14-27-21)12-11-22(25)26/h2-6,8-9,20-21H,7,10-15H2,1H3,(H,25,26). The van der Waals surface area contributed by atoms with Gasteiger partial charge < -0.3 is 14.6 Å². The third kappa shape index (κ3) is 4.21. The van der Waals surface area contributed by atoms with Gasteiger partial charge in [0.1, 0.15) is 11.9 Å². The van der Waals surface area contributed by atoms with E-state index in [2.05, 4.69) is 42.2 Å².